The van der Waals surface area contributed by atoms with Gasteiger partial charge in [0.1, 0.15) is 5.75 Å². The highest BCUT2D eigenvalue weighted by molar-refractivity contribution is 7.09. The summed E-state index contributed by atoms with van der Waals surface area (Å²) >= 11 is 1.78. The molecule has 0 spiro atoms. The molecular weight excluding hydrogens is 256 g/mol. The van der Waals surface area contributed by atoms with Crippen molar-refractivity contribution >= 4 is 11.3 Å². The van der Waals surface area contributed by atoms with Crippen LogP contribution >= 0.6 is 11.3 Å². The summed E-state index contributed by atoms with van der Waals surface area (Å²) in [5.74, 6) is 0.958. The van der Waals surface area contributed by atoms with Crippen LogP contribution in [0.3, 0.4) is 0 Å². The van der Waals surface area contributed by atoms with E-state index in [0.29, 0.717) is 6.04 Å². The first kappa shape index (κ1) is 12.6. The predicted molar refractivity (Wildman–Crippen MR) is 77.6 cm³/mol. The molecule has 1 aliphatic rings. The first-order valence-electron chi connectivity index (χ1n) is 6.73. The fraction of sp³-hybridized carbons (Fsp3) is 0.400. The second-order valence-corrected chi connectivity index (χ2v) is 5.85. The van der Waals surface area contributed by atoms with Crippen LogP contribution in [-0.2, 0) is 13.0 Å². The van der Waals surface area contributed by atoms with Gasteiger partial charge in [-0.1, -0.05) is 6.07 Å². The Labute approximate surface area is 117 Å². The zero-order valence-corrected chi connectivity index (χ0v) is 11.7. The van der Waals surface area contributed by atoms with Gasteiger partial charge in [-0.15, -0.1) is 11.3 Å². The van der Waals surface area contributed by atoms with Gasteiger partial charge in [0.25, 0.3) is 0 Å². The smallest absolute Gasteiger partial charge is 0.126 e. The van der Waals surface area contributed by atoms with Gasteiger partial charge < -0.3 is 10.1 Å². The Morgan fingerprint density at radius 1 is 1.37 bits per heavy atom. The summed E-state index contributed by atoms with van der Waals surface area (Å²) in [5, 5.41) is 5.60. The maximum absolute atomic E-state index is 5.89. The monoisotopic (exact) mass is 274 g/mol. The lowest BCUT2D eigenvalue weighted by atomic mass is 10.2. The third-order valence-corrected chi connectivity index (χ3v) is 4.14. The van der Waals surface area contributed by atoms with Crippen LogP contribution in [0.4, 0.5) is 0 Å². The summed E-state index contributed by atoms with van der Waals surface area (Å²) in [5.41, 5.74) is 1.15. The van der Waals surface area contributed by atoms with Crippen LogP contribution in [-0.4, -0.2) is 17.6 Å². The van der Waals surface area contributed by atoms with Crippen molar-refractivity contribution in [2.45, 2.75) is 31.8 Å². The number of rotatable bonds is 7. The molecule has 0 aliphatic heterocycles. The Kier molecular flexibility index (Phi) is 4.10. The van der Waals surface area contributed by atoms with Gasteiger partial charge in [-0.3, -0.25) is 4.98 Å². The minimum absolute atomic E-state index is 0.708. The molecule has 2 aromatic heterocycles. The molecule has 4 heteroatoms. The molecule has 100 valence electrons. The van der Waals surface area contributed by atoms with Gasteiger partial charge in [0, 0.05) is 41.8 Å². The third-order valence-electron chi connectivity index (χ3n) is 3.20. The molecule has 1 aliphatic carbocycles. The van der Waals surface area contributed by atoms with Crippen molar-refractivity contribution in [3.05, 3.63) is 46.4 Å². The molecule has 1 N–H and O–H groups in total. The Bertz CT molecular complexity index is 509. The van der Waals surface area contributed by atoms with Crippen molar-refractivity contribution < 1.29 is 4.74 Å². The molecule has 2 aromatic rings. The fourth-order valence-corrected chi connectivity index (χ4v) is 2.64. The van der Waals surface area contributed by atoms with Crippen LogP contribution in [0.15, 0.2) is 36.0 Å². The van der Waals surface area contributed by atoms with E-state index in [-0.39, 0.29) is 0 Å². The zero-order chi connectivity index (χ0) is 12.9. The lowest BCUT2D eigenvalue weighted by molar-refractivity contribution is 0.318. The van der Waals surface area contributed by atoms with Gasteiger partial charge in [-0.05, 0) is 30.4 Å². The molecule has 1 saturated carbocycles. The summed E-state index contributed by atoms with van der Waals surface area (Å²) in [4.78, 5) is 5.55. The van der Waals surface area contributed by atoms with E-state index in [2.05, 4.69) is 27.8 Å². The number of aromatic nitrogens is 1. The molecule has 0 unspecified atom stereocenters. The third kappa shape index (κ3) is 3.78. The van der Waals surface area contributed by atoms with Crippen LogP contribution in [0.5, 0.6) is 5.75 Å². The van der Waals surface area contributed by atoms with Crippen molar-refractivity contribution in [3.8, 4) is 5.75 Å². The highest BCUT2D eigenvalue weighted by Crippen LogP contribution is 2.22. The molecule has 19 heavy (non-hydrogen) atoms. The van der Waals surface area contributed by atoms with Gasteiger partial charge in [-0.2, -0.15) is 0 Å². The van der Waals surface area contributed by atoms with E-state index in [1.54, 1.807) is 17.5 Å². The largest absolute Gasteiger partial charge is 0.493 e. The van der Waals surface area contributed by atoms with E-state index >= 15 is 0 Å². The lowest BCUT2D eigenvalue weighted by Crippen LogP contribution is -2.16. The maximum atomic E-state index is 5.89. The van der Waals surface area contributed by atoms with E-state index in [1.807, 2.05) is 12.3 Å². The molecule has 0 bridgehead atoms. The molecule has 0 radical (unpaired) electrons. The first-order valence-corrected chi connectivity index (χ1v) is 7.61. The molecule has 2 heterocycles. The van der Waals surface area contributed by atoms with Crippen LogP contribution < -0.4 is 10.1 Å². The molecule has 0 atom stereocenters. The predicted octanol–water partition coefficient (Wildman–Crippen LogP) is 3.02. The van der Waals surface area contributed by atoms with E-state index < -0.39 is 0 Å². The normalized spacial score (nSPS) is 14.5. The van der Waals surface area contributed by atoms with Crippen molar-refractivity contribution in [1.82, 2.24) is 10.3 Å². The number of nitrogens with one attached hydrogen (secondary N) is 1. The van der Waals surface area contributed by atoms with Gasteiger partial charge in [0.15, 0.2) is 0 Å². The second-order valence-electron chi connectivity index (χ2n) is 4.82. The summed E-state index contributed by atoms with van der Waals surface area (Å²) in [6, 6.07) is 6.89. The van der Waals surface area contributed by atoms with E-state index in [1.165, 1.54) is 17.7 Å². The van der Waals surface area contributed by atoms with Gasteiger partial charge in [0.2, 0.25) is 0 Å². The maximum Gasteiger partial charge on any atom is 0.126 e. The highest BCUT2D eigenvalue weighted by Gasteiger charge is 2.20. The van der Waals surface area contributed by atoms with Crippen molar-refractivity contribution in [2.75, 3.05) is 6.61 Å². The topological polar surface area (TPSA) is 34.1 Å². The summed E-state index contributed by atoms with van der Waals surface area (Å²) < 4.78 is 5.89. The SMILES string of the molecule is c1csc(CCOc2ccncc2CNC2CC2)c1. The van der Waals surface area contributed by atoms with Crippen molar-refractivity contribution in [3.63, 3.8) is 0 Å². The number of thiophene rings is 1. The Morgan fingerprint density at radius 2 is 2.32 bits per heavy atom. The minimum Gasteiger partial charge on any atom is -0.493 e. The molecule has 1 fully saturated rings. The molecule has 3 rings (SSSR count). The molecule has 3 nitrogen and oxygen atoms in total. The Hall–Kier alpha value is -1.39. The van der Waals surface area contributed by atoms with Gasteiger partial charge in [-0.25, -0.2) is 0 Å². The lowest BCUT2D eigenvalue weighted by Gasteiger charge is -2.11. The van der Waals surface area contributed by atoms with Crippen molar-refractivity contribution in [1.29, 1.82) is 0 Å². The Balaban J connectivity index is 1.53. The van der Waals surface area contributed by atoms with Gasteiger partial charge >= 0.3 is 0 Å². The number of pyridine rings is 1. The molecule has 0 saturated heterocycles. The summed E-state index contributed by atoms with van der Waals surface area (Å²) in [6.45, 7) is 1.58. The second kappa shape index (κ2) is 6.17. The van der Waals surface area contributed by atoms with E-state index in [4.69, 9.17) is 4.74 Å². The highest BCUT2D eigenvalue weighted by atomic mass is 32.1. The number of hydrogen-bond donors (Lipinski definition) is 1. The summed E-state index contributed by atoms with van der Waals surface area (Å²) in [6.07, 6.45) is 7.26. The number of hydrogen-bond acceptors (Lipinski definition) is 4. The average Bonchev–Trinajstić information content (AvgIpc) is 3.13. The molecular formula is C15H18N2OS. The average molecular weight is 274 g/mol. The fourth-order valence-electron chi connectivity index (χ4n) is 1.95. The van der Waals surface area contributed by atoms with Crippen LogP contribution in [0.2, 0.25) is 0 Å². The molecule has 0 aromatic carbocycles. The molecule has 0 amide bonds. The Morgan fingerprint density at radius 3 is 3.11 bits per heavy atom. The quantitative estimate of drug-likeness (QED) is 0.842. The van der Waals surface area contributed by atoms with Crippen molar-refractivity contribution in [2.24, 2.45) is 0 Å². The van der Waals surface area contributed by atoms with E-state index in [9.17, 15) is 0 Å². The van der Waals surface area contributed by atoms with Gasteiger partial charge in [0.05, 0.1) is 6.61 Å². The number of ether oxygens (including phenoxy) is 1. The van der Waals surface area contributed by atoms with Crippen LogP contribution in [0, 0.1) is 0 Å². The summed E-state index contributed by atoms with van der Waals surface area (Å²) in [7, 11) is 0. The standard InChI is InChI=1S/C15H18N2OS/c1-2-14(19-9-1)6-8-18-15-5-7-16-10-12(15)11-17-13-3-4-13/h1-2,5,7,9-10,13,17H,3-4,6,8,11H2. The van der Waals surface area contributed by atoms with E-state index in [0.717, 1.165) is 30.9 Å². The first-order chi connectivity index (χ1) is 9.42. The van der Waals surface area contributed by atoms with Crippen LogP contribution in [0.25, 0.3) is 0 Å². The minimum atomic E-state index is 0.708. The zero-order valence-electron chi connectivity index (χ0n) is 10.8. The number of nitrogens with zero attached hydrogens (tertiary/aromatic N) is 1. The van der Waals surface area contributed by atoms with Crippen LogP contribution in [0.1, 0.15) is 23.3 Å².